The van der Waals surface area contributed by atoms with E-state index < -0.39 is 28.3 Å². The van der Waals surface area contributed by atoms with Gasteiger partial charge in [-0.3, -0.25) is 0 Å². The summed E-state index contributed by atoms with van der Waals surface area (Å²) in [5.41, 5.74) is 11.0. The molecule has 1 nitrogen and oxygen atoms in total. The van der Waals surface area contributed by atoms with Gasteiger partial charge in [0.2, 0.25) is 0 Å². The summed E-state index contributed by atoms with van der Waals surface area (Å²) in [4.78, 5) is 2.61. The molecule has 0 saturated carbocycles. The first kappa shape index (κ1) is 28.8. The summed E-state index contributed by atoms with van der Waals surface area (Å²) in [7, 11) is 0. The third-order valence-corrected chi connectivity index (χ3v) is 16.6. The Kier molecular flexibility index (Phi) is 10.9. The third kappa shape index (κ3) is 6.22. The number of nitrogens with zero attached hydrogens (tertiary/aromatic N) is 1. The van der Waals surface area contributed by atoms with Crippen LogP contribution in [-0.4, -0.2) is 29.5 Å². The van der Waals surface area contributed by atoms with Gasteiger partial charge in [0.15, 0.2) is 0 Å². The molecule has 0 heterocycles. The van der Waals surface area contributed by atoms with Crippen LogP contribution in [0.1, 0.15) is 60.9 Å². The molecule has 0 radical (unpaired) electrons. The van der Waals surface area contributed by atoms with Crippen molar-refractivity contribution in [3.8, 4) is 11.1 Å². The average Bonchev–Trinajstić information content (AvgIpc) is 3.31. The Hall–Kier alpha value is -0.440. The molecule has 176 valence electrons. The number of rotatable bonds is 8. The fraction of sp³-hybridized carbons (Fsp3) is 0.429. The molecule has 33 heavy (non-hydrogen) atoms. The van der Waals surface area contributed by atoms with E-state index in [0.717, 1.165) is 23.0 Å². The van der Waals surface area contributed by atoms with E-state index in [1.54, 1.807) is 22.3 Å². The van der Waals surface area contributed by atoms with Gasteiger partial charge in [-0.05, 0) is 0 Å². The van der Waals surface area contributed by atoms with E-state index in [0.29, 0.717) is 12.1 Å². The number of hydrogen-bond donors (Lipinski definition) is 0. The first-order valence-electron chi connectivity index (χ1n) is 12.0. The van der Waals surface area contributed by atoms with Gasteiger partial charge in [-0.15, -0.1) is 0 Å². The molecular formula is C28H37Cl2NSiZr. The number of halogens is 2. The fourth-order valence-corrected chi connectivity index (χ4v) is 15.2. The van der Waals surface area contributed by atoms with Crippen LogP contribution in [0.2, 0.25) is 13.1 Å². The molecule has 5 heteroatoms. The molecule has 2 aromatic carbocycles. The molecule has 1 unspecified atom stereocenters. The molecule has 0 aromatic heterocycles. The van der Waals surface area contributed by atoms with Crippen molar-refractivity contribution in [3.63, 3.8) is 0 Å². The number of fused-ring (bicyclic) bond motifs is 3. The fourth-order valence-electron chi connectivity index (χ4n) is 5.36. The smallest absolute Gasteiger partial charge is 1.00 e. The zero-order valence-corrected chi connectivity index (χ0v) is 26.0. The Morgan fingerprint density at radius 2 is 1.55 bits per heavy atom. The Labute approximate surface area is 226 Å². The molecule has 0 bridgehead atoms. The van der Waals surface area contributed by atoms with Crippen LogP contribution in [0.25, 0.3) is 16.7 Å². The van der Waals surface area contributed by atoms with Gasteiger partial charge >= 0.3 is 203 Å². The minimum absolute atomic E-state index is 0. The van der Waals surface area contributed by atoms with Crippen LogP contribution in [0.4, 0.5) is 0 Å². The second-order valence-corrected chi connectivity index (χ2v) is 25.0. The summed E-state index contributed by atoms with van der Waals surface area (Å²) in [6, 6.07) is 17.5. The molecule has 1 atom stereocenters. The van der Waals surface area contributed by atoms with Crippen molar-refractivity contribution in [2.24, 2.45) is 0 Å². The number of allylic oxidation sites excluding steroid dienone is 3. The minimum atomic E-state index is -0.518. The molecule has 2 aliphatic carbocycles. The van der Waals surface area contributed by atoms with Crippen LogP contribution >= 0.6 is 0 Å². The van der Waals surface area contributed by atoms with Gasteiger partial charge in [0.05, 0.1) is 0 Å². The van der Waals surface area contributed by atoms with E-state index >= 15 is 0 Å². The van der Waals surface area contributed by atoms with Crippen LogP contribution in [0.3, 0.4) is 0 Å². The van der Waals surface area contributed by atoms with Crippen molar-refractivity contribution in [1.29, 1.82) is 0 Å². The van der Waals surface area contributed by atoms with Crippen molar-refractivity contribution in [2.45, 2.75) is 69.3 Å². The molecule has 2 aliphatic rings. The number of hydrogen-bond acceptors (Lipinski definition) is 1. The van der Waals surface area contributed by atoms with Crippen LogP contribution in [-0.2, 0) is 22.4 Å². The topological polar surface area (TPSA) is 3.24 Å². The van der Waals surface area contributed by atoms with E-state index in [9.17, 15) is 0 Å². The molecule has 0 amide bonds. The first-order chi connectivity index (χ1) is 14.9. The van der Waals surface area contributed by atoms with E-state index in [-0.39, 0.29) is 24.8 Å². The predicted octanol–water partition coefficient (Wildman–Crippen LogP) is 1.05. The standard InChI is InChI=1S/C26H30N.C2H7Si.2ClH.Zr/c1-18(2)27(19(3)4)15-14-20-12-13-22(16-20)24-10-7-11-25-23-9-6-5-8-21(23)17-26(24)25;1-3-2;;;/h5-12,16-19H,13-15H2,1-4H3;3H,1-2H3;2*1H;/q;;;;+2/p-2. The second-order valence-electron chi connectivity index (χ2n) is 9.94. The van der Waals surface area contributed by atoms with Crippen molar-refractivity contribution in [2.75, 3.05) is 6.54 Å². The summed E-state index contributed by atoms with van der Waals surface area (Å²) in [6.07, 6.45) is 7.27. The predicted molar refractivity (Wildman–Crippen MR) is 135 cm³/mol. The van der Waals surface area contributed by atoms with Gasteiger partial charge in [0.1, 0.15) is 0 Å². The molecule has 4 rings (SSSR count). The SMILES string of the molecule is CC(C)N(CCC1=CCC(c2cccc3c2[CH]([Zr+2][SiH](C)C)c2ccccc2-3)=C1)C(C)C.[Cl-].[Cl-]. The molecule has 0 saturated heterocycles. The Bertz CT molecular complexity index is 1000. The maximum absolute atomic E-state index is 2.61. The van der Waals surface area contributed by atoms with Crippen molar-refractivity contribution in [1.82, 2.24) is 4.90 Å². The Morgan fingerprint density at radius 1 is 0.909 bits per heavy atom. The van der Waals surface area contributed by atoms with Crippen LogP contribution in [0.5, 0.6) is 0 Å². The Balaban J connectivity index is 0.00000193. The largest absolute Gasteiger partial charge is 1.00 e. The molecule has 0 aliphatic heterocycles. The van der Waals surface area contributed by atoms with Crippen molar-refractivity contribution < 1.29 is 47.2 Å². The zero-order valence-electron chi connectivity index (χ0n) is 20.8. The average molecular weight is 578 g/mol. The maximum Gasteiger partial charge on any atom is -1.00 e. The monoisotopic (exact) mass is 575 g/mol. The molecular weight excluding hydrogens is 541 g/mol. The van der Waals surface area contributed by atoms with Gasteiger partial charge in [0, 0.05) is 0 Å². The van der Waals surface area contributed by atoms with Gasteiger partial charge in [-0.25, -0.2) is 0 Å². The zero-order chi connectivity index (χ0) is 22.1. The summed E-state index contributed by atoms with van der Waals surface area (Å²) >= 11 is -0.434. The minimum Gasteiger partial charge on any atom is -1.00 e. The van der Waals surface area contributed by atoms with E-state index in [1.807, 2.05) is 0 Å². The van der Waals surface area contributed by atoms with Crippen LogP contribution in [0, 0.1) is 0 Å². The summed E-state index contributed by atoms with van der Waals surface area (Å²) in [5.74, 6) is -0.518. The number of benzene rings is 2. The Morgan fingerprint density at radius 3 is 2.21 bits per heavy atom. The van der Waals surface area contributed by atoms with Gasteiger partial charge in [-0.1, -0.05) is 0 Å². The quantitative estimate of drug-likeness (QED) is 0.425. The summed E-state index contributed by atoms with van der Waals surface area (Å²) < 4.78 is 0.750. The molecule has 0 fully saturated rings. The van der Waals surface area contributed by atoms with Gasteiger partial charge < -0.3 is 24.8 Å². The molecule has 2 aromatic rings. The van der Waals surface area contributed by atoms with Gasteiger partial charge in [-0.2, -0.15) is 0 Å². The van der Waals surface area contributed by atoms with E-state index in [2.05, 4.69) is 100 Å². The summed E-state index contributed by atoms with van der Waals surface area (Å²) in [6.45, 7) is 15.6. The normalized spacial score (nSPS) is 16.2. The first-order valence-corrected chi connectivity index (χ1v) is 20.6. The van der Waals surface area contributed by atoms with E-state index in [4.69, 9.17) is 0 Å². The maximum atomic E-state index is 2.61. The third-order valence-electron chi connectivity index (χ3n) is 6.73. The second kappa shape index (κ2) is 12.5. The van der Waals surface area contributed by atoms with Crippen LogP contribution < -0.4 is 24.8 Å². The molecule has 0 spiro atoms. The summed E-state index contributed by atoms with van der Waals surface area (Å²) in [5, 5.41) is 0. The van der Waals surface area contributed by atoms with Crippen molar-refractivity contribution >= 4 is 11.5 Å². The van der Waals surface area contributed by atoms with Gasteiger partial charge in [0.25, 0.3) is 0 Å². The van der Waals surface area contributed by atoms with Crippen molar-refractivity contribution in [3.05, 3.63) is 76.9 Å². The van der Waals surface area contributed by atoms with E-state index in [1.165, 1.54) is 16.7 Å². The molecule has 0 N–H and O–H groups in total. The van der Waals surface area contributed by atoms with Crippen LogP contribution in [0.15, 0.2) is 60.2 Å².